The lowest BCUT2D eigenvalue weighted by Crippen LogP contribution is -2.37. The highest BCUT2D eigenvalue weighted by atomic mass is 35.5. The van der Waals surface area contributed by atoms with Crippen LogP contribution in [0.3, 0.4) is 0 Å². The lowest BCUT2D eigenvalue weighted by Gasteiger charge is -2.24. The van der Waals surface area contributed by atoms with Crippen LogP contribution < -0.4 is 0 Å². The number of benzene rings is 2. The van der Waals surface area contributed by atoms with Gasteiger partial charge in [-0.3, -0.25) is 4.79 Å². The Morgan fingerprint density at radius 3 is 2.73 bits per heavy atom. The summed E-state index contributed by atoms with van der Waals surface area (Å²) in [5, 5.41) is 4.48. The summed E-state index contributed by atoms with van der Waals surface area (Å²) in [6.45, 7) is 0.417. The Hall–Kier alpha value is -3.19. The zero-order chi connectivity index (χ0) is 21.1. The number of amides is 1. The monoisotopic (exact) mass is 430 g/mol. The molecular formula is C22H17ClF2N2O3. The van der Waals surface area contributed by atoms with Crippen LogP contribution >= 0.6 is 11.6 Å². The van der Waals surface area contributed by atoms with E-state index in [1.54, 1.807) is 23.1 Å². The number of halogens is 3. The van der Waals surface area contributed by atoms with Gasteiger partial charge >= 0.3 is 0 Å². The number of furan rings is 1. The molecule has 5 nitrogen and oxygen atoms in total. The van der Waals surface area contributed by atoms with Gasteiger partial charge in [-0.15, -0.1) is 0 Å². The van der Waals surface area contributed by atoms with Gasteiger partial charge in [0.25, 0.3) is 5.91 Å². The Balaban J connectivity index is 1.51. The average molecular weight is 431 g/mol. The molecule has 0 aliphatic carbocycles. The van der Waals surface area contributed by atoms with E-state index in [4.69, 9.17) is 20.9 Å². The number of nitrogens with zero attached hydrogens (tertiary/aromatic N) is 2. The summed E-state index contributed by atoms with van der Waals surface area (Å²) in [4.78, 5) is 19.9. The minimum atomic E-state index is -0.711. The Morgan fingerprint density at radius 2 is 2.00 bits per heavy atom. The van der Waals surface area contributed by atoms with Crippen molar-refractivity contribution in [2.45, 2.75) is 19.1 Å². The van der Waals surface area contributed by atoms with Crippen molar-refractivity contribution in [3.63, 3.8) is 0 Å². The van der Waals surface area contributed by atoms with E-state index < -0.39 is 17.7 Å². The van der Waals surface area contributed by atoms with E-state index in [0.717, 1.165) is 11.6 Å². The van der Waals surface area contributed by atoms with E-state index >= 15 is 0 Å². The molecule has 0 spiro atoms. The van der Waals surface area contributed by atoms with Crippen molar-refractivity contribution < 1.29 is 22.8 Å². The highest BCUT2D eigenvalue weighted by Crippen LogP contribution is 2.23. The SMILES string of the molecule is O=C(c1ccco1)N(Cc1ccccc1Cl)CC1CC(c2ccc(F)cc2F)=NO1. The maximum Gasteiger partial charge on any atom is 0.289 e. The molecule has 0 saturated carbocycles. The summed E-state index contributed by atoms with van der Waals surface area (Å²) < 4.78 is 32.5. The predicted octanol–water partition coefficient (Wildman–Crippen LogP) is 5.05. The Bertz CT molecular complexity index is 1090. The number of oxime groups is 1. The van der Waals surface area contributed by atoms with Gasteiger partial charge in [-0.25, -0.2) is 8.78 Å². The Kier molecular flexibility index (Phi) is 5.81. The summed E-state index contributed by atoms with van der Waals surface area (Å²) in [6, 6.07) is 13.7. The molecule has 0 N–H and O–H groups in total. The van der Waals surface area contributed by atoms with E-state index in [0.29, 0.717) is 10.7 Å². The van der Waals surface area contributed by atoms with Gasteiger partial charge in [0.1, 0.15) is 11.6 Å². The molecule has 0 radical (unpaired) electrons. The third kappa shape index (κ3) is 4.36. The molecule has 2 aromatic carbocycles. The Morgan fingerprint density at radius 1 is 1.17 bits per heavy atom. The van der Waals surface area contributed by atoms with E-state index in [2.05, 4.69) is 5.16 Å². The molecule has 3 aromatic rings. The molecule has 1 aliphatic heterocycles. The second kappa shape index (κ2) is 8.67. The minimum absolute atomic E-state index is 0.175. The molecule has 30 heavy (non-hydrogen) atoms. The van der Waals surface area contributed by atoms with Crippen molar-refractivity contribution in [3.8, 4) is 0 Å². The summed E-state index contributed by atoms with van der Waals surface area (Å²) in [7, 11) is 0. The van der Waals surface area contributed by atoms with Gasteiger partial charge in [0, 0.05) is 29.6 Å². The molecule has 154 valence electrons. The van der Waals surface area contributed by atoms with Crippen LogP contribution in [-0.2, 0) is 11.4 Å². The first-order valence-corrected chi connectivity index (χ1v) is 9.63. The van der Waals surface area contributed by atoms with Crippen LogP contribution in [0.15, 0.2) is 70.4 Å². The van der Waals surface area contributed by atoms with Gasteiger partial charge in [-0.2, -0.15) is 0 Å². The molecule has 4 rings (SSSR count). The fraction of sp³-hybridized carbons (Fsp3) is 0.182. The van der Waals surface area contributed by atoms with Crippen LogP contribution in [0.2, 0.25) is 5.02 Å². The molecule has 2 heterocycles. The third-order valence-corrected chi connectivity index (χ3v) is 5.11. The van der Waals surface area contributed by atoms with Crippen LogP contribution in [0.5, 0.6) is 0 Å². The number of hydrogen-bond acceptors (Lipinski definition) is 4. The first-order chi connectivity index (χ1) is 14.5. The maximum atomic E-state index is 14.1. The van der Waals surface area contributed by atoms with Crippen molar-refractivity contribution in [1.29, 1.82) is 0 Å². The van der Waals surface area contributed by atoms with Crippen LogP contribution in [0, 0.1) is 11.6 Å². The van der Waals surface area contributed by atoms with E-state index in [1.807, 2.05) is 18.2 Å². The predicted molar refractivity (Wildman–Crippen MR) is 107 cm³/mol. The quantitative estimate of drug-likeness (QED) is 0.550. The minimum Gasteiger partial charge on any atom is -0.459 e. The first-order valence-electron chi connectivity index (χ1n) is 9.25. The summed E-state index contributed by atoms with van der Waals surface area (Å²) in [5.41, 5.74) is 1.30. The standard InChI is InChI=1S/C22H17ClF2N2O3/c23-18-5-2-1-4-14(18)12-27(22(28)21-6-3-9-29-21)13-16-11-20(26-30-16)17-8-7-15(24)10-19(17)25/h1-10,16H,11-13H2. The topological polar surface area (TPSA) is 55.0 Å². The molecule has 1 aromatic heterocycles. The maximum absolute atomic E-state index is 14.1. The fourth-order valence-electron chi connectivity index (χ4n) is 3.26. The van der Waals surface area contributed by atoms with E-state index in [9.17, 15) is 13.6 Å². The molecule has 1 atom stereocenters. The average Bonchev–Trinajstić information content (AvgIpc) is 3.41. The zero-order valence-corrected chi connectivity index (χ0v) is 16.5. The lowest BCUT2D eigenvalue weighted by atomic mass is 10.0. The van der Waals surface area contributed by atoms with Crippen molar-refractivity contribution in [2.24, 2.45) is 5.16 Å². The highest BCUT2D eigenvalue weighted by Gasteiger charge is 2.29. The third-order valence-electron chi connectivity index (χ3n) is 4.74. The summed E-state index contributed by atoms with van der Waals surface area (Å²) in [6.07, 6.45) is 1.20. The normalized spacial score (nSPS) is 15.6. The number of hydrogen-bond donors (Lipinski definition) is 0. The van der Waals surface area contributed by atoms with Crippen LogP contribution in [-0.4, -0.2) is 29.2 Å². The second-order valence-electron chi connectivity index (χ2n) is 6.85. The van der Waals surface area contributed by atoms with E-state index in [-0.39, 0.29) is 36.7 Å². The number of rotatable bonds is 6. The summed E-state index contributed by atoms with van der Waals surface area (Å²) in [5.74, 6) is -1.52. The molecule has 0 fully saturated rings. The van der Waals surface area contributed by atoms with Gasteiger partial charge in [0.05, 0.1) is 18.5 Å². The van der Waals surface area contributed by atoms with Crippen LogP contribution in [0.25, 0.3) is 0 Å². The van der Waals surface area contributed by atoms with Gasteiger partial charge in [0.2, 0.25) is 0 Å². The Labute approximate surface area is 176 Å². The molecule has 1 amide bonds. The summed E-state index contributed by atoms with van der Waals surface area (Å²) >= 11 is 6.26. The highest BCUT2D eigenvalue weighted by molar-refractivity contribution is 6.31. The largest absolute Gasteiger partial charge is 0.459 e. The van der Waals surface area contributed by atoms with Crippen molar-refractivity contribution in [1.82, 2.24) is 4.90 Å². The molecule has 0 bridgehead atoms. The zero-order valence-electron chi connectivity index (χ0n) is 15.7. The molecule has 0 saturated heterocycles. The van der Waals surface area contributed by atoms with Crippen molar-refractivity contribution >= 4 is 23.2 Å². The molecule has 1 unspecified atom stereocenters. The van der Waals surface area contributed by atoms with Crippen molar-refractivity contribution in [3.05, 3.63) is 94.4 Å². The molecule has 8 heteroatoms. The van der Waals surface area contributed by atoms with Gasteiger partial charge < -0.3 is 14.2 Å². The van der Waals surface area contributed by atoms with Crippen LogP contribution in [0.1, 0.15) is 28.1 Å². The number of carbonyl (C=O) groups excluding carboxylic acids is 1. The van der Waals surface area contributed by atoms with Gasteiger partial charge in [0.15, 0.2) is 11.9 Å². The fourth-order valence-corrected chi connectivity index (χ4v) is 3.46. The lowest BCUT2D eigenvalue weighted by molar-refractivity contribution is 0.0387. The smallest absolute Gasteiger partial charge is 0.289 e. The number of carbonyl (C=O) groups is 1. The van der Waals surface area contributed by atoms with Crippen LogP contribution in [0.4, 0.5) is 8.78 Å². The van der Waals surface area contributed by atoms with Gasteiger partial charge in [-0.1, -0.05) is 35.0 Å². The molecular weight excluding hydrogens is 414 g/mol. The van der Waals surface area contributed by atoms with Gasteiger partial charge in [-0.05, 0) is 35.9 Å². The molecule has 1 aliphatic rings. The first kappa shape index (κ1) is 20.1. The van der Waals surface area contributed by atoms with Crippen molar-refractivity contribution in [2.75, 3.05) is 6.54 Å². The van der Waals surface area contributed by atoms with E-state index in [1.165, 1.54) is 18.4 Å². The second-order valence-corrected chi connectivity index (χ2v) is 7.26.